The number of amides is 1. The molecule has 8 nitrogen and oxygen atoms in total. The van der Waals surface area contributed by atoms with Gasteiger partial charge in [-0.2, -0.15) is 5.10 Å². The number of nitrogen functional groups attached to an aromatic ring is 1. The molecule has 0 radical (unpaired) electrons. The average Bonchev–Trinajstić information content (AvgIpc) is 3.10. The number of piperidine rings is 1. The van der Waals surface area contributed by atoms with Crippen LogP contribution in [0.25, 0.3) is 11.4 Å². The number of aromatic amines is 1. The maximum Gasteiger partial charge on any atom is 0.410 e. The molecule has 0 unspecified atom stereocenters. The van der Waals surface area contributed by atoms with E-state index in [9.17, 15) is 4.79 Å². The molecule has 2 aromatic rings. The SMILES string of the molecule is CC(C)(C)OC(=O)N1CCC[C@@H](c2nc(-c3ccc(N)c(C(=N)Br)c3)n[nH]2)C1. The Balaban J connectivity index is 1.76. The fraction of sp³-hybridized carbons (Fsp3) is 0.474. The van der Waals surface area contributed by atoms with Crippen molar-refractivity contribution in [1.29, 1.82) is 5.41 Å². The molecule has 1 aromatic heterocycles. The number of halogens is 1. The molecule has 0 bridgehead atoms. The first-order valence-electron chi connectivity index (χ1n) is 9.18. The minimum Gasteiger partial charge on any atom is -0.444 e. The second-order valence-corrected chi connectivity index (χ2v) is 8.72. The molecule has 28 heavy (non-hydrogen) atoms. The van der Waals surface area contributed by atoms with Crippen LogP contribution in [-0.2, 0) is 4.74 Å². The van der Waals surface area contributed by atoms with Gasteiger partial charge in [-0.05, 0) is 67.7 Å². The van der Waals surface area contributed by atoms with Crippen LogP contribution in [0.4, 0.5) is 10.5 Å². The summed E-state index contributed by atoms with van der Waals surface area (Å²) in [7, 11) is 0. The number of aromatic nitrogens is 3. The number of benzene rings is 1. The van der Waals surface area contributed by atoms with Crippen LogP contribution in [0, 0.1) is 5.41 Å². The van der Waals surface area contributed by atoms with Crippen LogP contribution in [0.1, 0.15) is 50.9 Å². The number of hydrogen-bond acceptors (Lipinski definition) is 6. The van der Waals surface area contributed by atoms with Crippen molar-refractivity contribution in [2.45, 2.75) is 45.1 Å². The summed E-state index contributed by atoms with van der Waals surface area (Å²) in [5.41, 5.74) is 7.28. The highest BCUT2D eigenvalue weighted by Gasteiger charge is 2.30. The number of carbonyl (C=O) groups is 1. The zero-order valence-corrected chi connectivity index (χ0v) is 17.8. The predicted octanol–water partition coefficient (Wildman–Crippen LogP) is 3.89. The van der Waals surface area contributed by atoms with E-state index < -0.39 is 5.60 Å². The van der Waals surface area contributed by atoms with E-state index in [2.05, 4.69) is 31.1 Å². The van der Waals surface area contributed by atoms with E-state index in [0.717, 1.165) is 24.2 Å². The Labute approximate surface area is 172 Å². The lowest BCUT2D eigenvalue weighted by molar-refractivity contribution is 0.0196. The molecule has 150 valence electrons. The number of H-pyrrole nitrogens is 1. The highest BCUT2D eigenvalue weighted by molar-refractivity contribution is 9.18. The van der Waals surface area contributed by atoms with Crippen molar-refractivity contribution in [3.63, 3.8) is 0 Å². The summed E-state index contributed by atoms with van der Waals surface area (Å²) in [6.45, 7) is 6.82. The molecule has 0 aliphatic carbocycles. The predicted molar refractivity (Wildman–Crippen MR) is 112 cm³/mol. The second-order valence-electron chi connectivity index (χ2n) is 7.93. The maximum atomic E-state index is 12.4. The summed E-state index contributed by atoms with van der Waals surface area (Å²) in [5.74, 6) is 1.36. The third kappa shape index (κ3) is 4.70. The van der Waals surface area contributed by atoms with Crippen molar-refractivity contribution < 1.29 is 9.53 Å². The Morgan fingerprint density at radius 2 is 2.18 bits per heavy atom. The third-order valence-electron chi connectivity index (χ3n) is 4.51. The van der Waals surface area contributed by atoms with Gasteiger partial charge in [0, 0.05) is 35.8 Å². The number of ether oxygens (including phenoxy) is 1. The normalized spacial score (nSPS) is 17.4. The molecule has 4 N–H and O–H groups in total. The van der Waals surface area contributed by atoms with E-state index in [0.29, 0.717) is 30.2 Å². The van der Waals surface area contributed by atoms with Crippen LogP contribution in [-0.4, -0.2) is 49.5 Å². The summed E-state index contributed by atoms with van der Waals surface area (Å²) in [6.07, 6.45) is 1.51. The standard InChI is InChI=1S/C19H25BrN6O2/c1-19(2,3)28-18(27)26-8-4-5-12(10-26)17-23-16(24-25-17)11-6-7-14(21)13(9-11)15(20)22/h6-7,9,12,22H,4-5,8,10,21H2,1-3H3,(H,23,24,25)/t12-/m1/s1. The molecular formula is C19H25BrN6O2. The number of hydrogen-bond donors (Lipinski definition) is 3. The van der Waals surface area contributed by atoms with Gasteiger partial charge in [-0.1, -0.05) is 0 Å². The molecular weight excluding hydrogens is 424 g/mol. The van der Waals surface area contributed by atoms with Crippen molar-refractivity contribution in [2.24, 2.45) is 0 Å². The first-order valence-corrected chi connectivity index (χ1v) is 9.98. The molecule has 1 aromatic carbocycles. The largest absolute Gasteiger partial charge is 0.444 e. The Morgan fingerprint density at radius 3 is 2.86 bits per heavy atom. The fourth-order valence-corrected chi connectivity index (χ4v) is 3.51. The van der Waals surface area contributed by atoms with E-state index in [1.807, 2.05) is 26.8 Å². The number of likely N-dealkylation sites (tertiary alicyclic amines) is 1. The van der Waals surface area contributed by atoms with Crippen molar-refractivity contribution in [3.05, 3.63) is 29.6 Å². The van der Waals surface area contributed by atoms with Crippen molar-refractivity contribution >= 4 is 32.3 Å². The molecule has 2 heterocycles. The van der Waals surface area contributed by atoms with Gasteiger partial charge in [0.25, 0.3) is 0 Å². The molecule has 3 rings (SSSR count). The number of nitrogens with two attached hydrogens (primary N) is 1. The number of nitrogens with zero attached hydrogens (tertiary/aromatic N) is 3. The lowest BCUT2D eigenvalue weighted by Crippen LogP contribution is -2.42. The van der Waals surface area contributed by atoms with Crippen LogP contribution in [0.15, 0.2) is 18.2 Å². The fourth-order valence-electron chi connectivity index (χ4n) is 3.16. The van der Waals surface area contributed by atoms with E-state index in [4.69, 9.17) is 15.9 Å². The quantitative estimate of drug-likeness (QED) is 0.485. The third-order valence-corrected chi connectivity index (χ3v) is 4.94. The Kier molecular flexibility index (Phi) is 5.74. The molecule has 0 saturated carbocycles. The number of anilines is 1. The van der Waals surface area contributed by atoms with Gasteiger partial charge in [0.15, 0.2) is 5.82 Å². The van der Waals surface area contributed by atoms with Gasteiger partial charge in [-0.25, -0.2) is 9.78 Å². The Morgan fingerprint density at radius 1 is 1.43 bits per heavy atom. The molecule has 0 spiro atoms. The van der Waals surface area contributed by atoms with E-state index in [1.165, 1.54) is 0 Å². The van der Waals surface area contributed by atoms with Crippen LogP contribution in [0.3, 0.4) is 0 Å². The Bertz CT molecular complexity index is 889. The highest BCUT2D eigenvalue weighted by Crippen LogP contribution is 2.28. The second kappa shape index (κ2) is 7.90. The molecule has 1 fully saturated rings. The van der Waals surface area contributed by atoms with Crippen LogP contribution in [0.5, 0.6) is 0 Å². The van der Waals surface area contributed by atoms with Crippen LogP contribution < -0.4 is 5.73 Å². The van der Waals surface area contributed by atoms with E-state index >= 15 is 0 Å². The summed E-state index contributed by atoms with van der Waals surface area (Å²) >= 11 is 3.15. The van der Waals surface area contributed by atoms with Crippen molar-refractivity contribution in [2.75, 3.05) is 18.8 Å². The summed E-state index contributed by atoms with van der Waals surface area (Å²) < 4.78 is 5.70. The van der Waals surface area contributed by atoms with Gasteiger partial charge < -0.3 is 15.4 Å². The lowest BCUT2D eigenvalue weighted by atomic mass is 9.98. The van der Waals surface area contributed by atoms with Crippen molar-refractivity contribution in [3.8, 4) is 11.4 Å². The number of rotatable bonds is 3. The smallest absolute Gasteiger partial charge is 0.410 e. The van der Waals surface area contributed by atoms with Crippen LogP contribution >= 0.6 is 15.9 Å². The zero-order valence-electron chi connectivity index (χ0n) is 16.3. The lowest BCUT2D eigenvalue weighted by Gasteiger charge is -2.33. The summed E-state index contributed by atoms with van der Waals surface area (Å²) in [6, 6.07) is 5.35. The molecule has 1 aliphatic rings. The maximum absolute atomic E-state index is 12.4. The minimum atomic E-state index is -0.514. The van der Waals surface area contributed by atoms with Gasteiger partial charge >= 0.3 is 6.09 Å². The topological polar surface area (TPSA) is 121 Å². The van der Waals surface area contributed by atoms with Gasteiger partial charge in [0.05, 0.1) is 0 Å². The van der Waals surface area contributed by atoms with Crippen molar-refractivity contribution in [1.82, 2.24) is 20.1 Å². The monoisotopic (exact) mass is 448 g/mol. The molecule has 1 atom stereocenters. The first kappa shape index (κ1) is 20.3. The van der Waals surface area contributed by atoms with E-state index in [1.54, 1.807) is 17.0 Å². The summed E-state index contributed by atoms with van der Waals surface area (Å²) in [4.78, 5) is 18.7. The minimum absolute atomic E-state index is 0.0743. The number of carbonyl (C=O) groups excluding carboxylic acids is 1. The number of nitrogens with one attached hydrogen (secondary N) is 2. The van der Waals surface area contributed by atoms with Gasteiger partial charge in [0.1, 0.15) is 16.0 Å². The van der Waals surface area contributed by atoms with E-state index in [-0.39, 0.29) is 16.6 Å². The molecule has 1 saturated heterocycles. The molecule has 1 amide bonds. The summed E-state index contributed by atoms with van der Waals surface area (Å²) in [5, 5.41) is 15.1. The average molecular weight is 449 g/mol. The van der Waals surface area contributed by atoms with Crippen LogP contribution in [0.2, 0.25) is 0 Å². The van der Waals surface area contributed by atoms with Gasteiger partial charge in [-0.3, -0.25) is 10.5 Å². The van der Waals surface area contributed by atoms with Gasteiger partial charge in [-0.15, -0.1) is 0 Å². The highest BCUT2D eigenvalue weighted by atomic mass is 79.9. The Hall–Kier alpha value is -2.42. The molecule has 1 aliphatic heterocycles. The zero-order chi connectivity index (χ0) is 20.5. The van der Waals surface area contributed by atoms with Gasteiger partial charge in [0.2, 0.25) is 0 Å². The first-order chi connectivity index (χ1) is 13.1. The molecule has 9 heteroatoms.